The highest BCUT2D eigenvalue weighted by Crippen LogP contribution is 2.17. The minimum Gasteiger partial charge on any atom is -0.351 e. The zero-order valence-electron chi connectivity index (χ0n) is 12.5. The first-order chi connectivity index (χ1) is 10.7. The Morgan fingerprint density at radius 3 is 3.09 bits per heavy atom. The zero-order valence-corrected chi connectivity index (χ0v) is 14.1. The maximum Gasteiger partial charge on any atom is 0.251 e. The Morgan fingerprint density at radius 1 is 1.41 bits per heavy atom. The van der Waals surface area contributed by atoms with Crippen molar-refractivity contribution < 1.29 is 4.79 Å². The second kappa shape index (κ2) is 6.54. The standard InChI is InChI=1S/C16H17N3OS2/c1-19-6-5-11-3-4-12(7-14(11)19)16(20)17-8-13-9-22-15(18-13)10-21-2/h3-7,9H,8,10H2,1-2H3,(H,17,20). The van der Waals surface area contributed by atoms with Crippen molar-refractivity contribution in [2.75, 3.05) is 6.26 Å². The normalized spacial score (nSPS) is 11.0. The van der Waals surface area contributed by atoms with Crippen LogP contribution in [0.1, 0.15) is 21.1 Å². The molecule has 0 fully saturated rings. The molecule has 0 aliphatic heterocycles. The Morgan fingerprint density at radius 2 is 2.27 bits per heavy atom. The predicted octanol–water partition coefficient (Wildman–Crippen LogP) is 3.43. The summed E-state index contributed by atoms with van der Waals surface area (Å²) in [5, 5.41) is 7.18. The topological polar surface area (TPSA) is 46.9 Å². The number of hydrogen-bond donors (Lipinski definition) is 1. The number of aryl methyl sites for hydroxylation is 1. The van der Waals surface area contributed by atoms with Gasteiger partial charge in [0.25, 0.3) is 5.91 Å². The second-order valence-electron chi connectivity index (χ2n) is 5.05. The third-order valence-electron chi connectivity index (χ3n) is 3.45. The predicted molar refractivity (Wildman–Crippen MR) is 93.4 cm³/mol. The van der Waals surface area contributed by atoms with Crippen molar-refractivity contribution in [1.29, 1.82) is 0 Å². The quantitative estimate of drug-likeness (QED) is 0.779. The van der Waals surface area contributed by atoms with E-state index in [0.29, 0.717) is 12.1 Å². The first kappa shape index (κ1) is 15.1. The van der Waals surface area contributed by atoms with E-state index in [4.69, 9.17) is 0 Å². The van der Waals surface area contributed by atoms with E-state index >= 15 is 0 Å². The van der Waals surface area contributed by atoms with Gasteiger partial charge in [0.1, 0.15) is 5.01 Å². The molecule has 114 valence electrons. The molecule has 0 atom stereocenters. The number of rotatable bonds is 5. The number of carbonyl (C=O) groups is 1. The number of hydrogen-bond acceptors (Lipinski definition) is 4. The van der Waals surface area contributed by atoms with Gasteiger partial charge >= 0.3 is 0 Å². The monoisotopic (exact) mass is 331 g/mol. The second-order valence-corrected chi connectivity index (χ2v) is 6.86. The van der Waals surface area contributed by atoms with Crippen LogP contribution in [0.2, 0.25) is 0 Å². The summed E-state index contributed by atoms with van der Waals surface area (Å²) >= 11 is 3.39. The van der Waals surface area contributed by atoms with Crippen molar-refractivity contribution in [2.45, 2.75) is 12.3 Å². The van der Waals surface area contributed by atoms with E-state index in [9.17, 15) is 4.79 Å². The van der Waals surface area contributed by atoms with Crippen LogP contribution in [0.5, 0.6) is 0 Å². The van der Waals surface area contributed by atoms with Crippen LogP contribution in [0.4, 0.5) is 0 Å². The van der Waals surface area contributed by atoms with Crippen LogP contribution in [-0.2, 0) is 19.3 Å². The molecule has 3 rings (SSSR count). The van der Waals surface area contributed by atoms with Crippen molar-refractivity contribution in [3.8, 4) is 0 Å². The minimum atomic E-state index is -0.0671. The van der Waals surface area contributed by atoms with Gasteiger partial charge in [0, 0.05) is 35.5 Å². The lowest BCUT2D eigenvalue weighted by atomic mass is 10.1. The fourth-order valence-electron chi connectivity index (χ4n) is 2.30. The molecule has 0 unspecified atom stereocenters. The van der Waals surface area contributed by atoms with Gasteiger partial charge in [-0.1, -0.05) is 6.07 Å². The van der Waals surface area contributed by atoms with E-state index < -0.39 is 0 Å². The summed E-state index contributed by atoms with van der Waals surface area (Å²) in [7, 11) is 1.98. The maximum atomic E-state index is 12.3. The molecule has 1 aromatic carbocycles. The average Bonchev–Trinajstić information content (AvgIpc) is 3.12. The van der Waals surface area contributed by atoms with E-state index in [1.807, 2.05) is 47.5 Å². The first-order valence-corrected chi connectivity index (χ1v) is 9.20. The smallest absolute Gasteiger partial charge is 0.251 e. The molecule has 0 radical (unpaired) electrons. The van der Waals surface area contributed by atoms with E-state index in [0.717, 1.165) is 27.4 Å². The van der Waals surface area contributed by atoms with Gasteiger partial charge in [0.2, 0.25) is 0 Å². The molecule has 0 aliphatic rings. The number of aromatic nitrogens is 2. The number of thiazole rings is 1. The lowest BCUT2D eigenvalue weighted by molar-refractivity contribution is 0.0950. The Hall–Kier alpha value is -1.79. The summed E-state index contributed by atoms with van der Waals surface area (Å²) in [4.78, 5) is 16.8. The van der Waals surface area contributed by atoms with Gasteiger partial charge in [0.05, 0.1) is 12.2 Å². The molecular weight excluding hydrogens is 314 g/mol. The molecule has 3 aromatic rings. The van der Waals surface area contributed by atoms with Gasteiger partial charge in [-0.05, 0) is 29.8 Å². The van der Waals surface area contributed by atoms with Crippen molar-refractivity contribution in [3.05, 3.63) is 52.1 Å². The molecule has 0 spiro atoms. The molecule has 0 saturated carbocycles. The summed E-state index contributed by atoms with van der Waals surface area (Å²) < 4.78 is 2.02. The largest absolute Gasteiger partial charge is 0.351 e. The number of amides is 1. The SMILES string of the molecule is CSCc1nc(CNC(=O)c2ccc3ccn(C)c3c2)cs1. The van der Waals surface area contributed by atoms with E-state index in [-0.39, 0.29) is 5.91 Å². The van der Waals surface area contributed by atoms with Crippen molar-refractivity contribution in [2.24, 2.45) is 7.05 Å². The number of nitrogens with zero attached hydrogens (tertiary/aromatic N) is 2. The molecular formula is C16H17N3OS2. The number of nitrogens with one attached hydrogen (secondary N) is 1. The third-order valence-corrected chi connectivity index (χ3v) is 5.09. The molecule has 2 aromatic heterocycles. The summed E-state index contributed by atoms with van der Waals surface area (Å²) in [5.74, 6) is 0.852. The molecule has 1 N–H and O–H groups in total. The van der Waals surface area contributed by atoms with Crippen LogP contribution in [0, 0.1) is 0 Å². The fourth-order valence-corrected chi connectivity index (χ4v) is 3.81. The third kappa shape index (κ3) is 3.18. The van der Waals surface area contributed by atoms with Crippen molar-refractivity contribution >= 4 is 39.9 Å². The van der Waals surface area contributed by atoms with Gasteiger partial charge in [-0.25, -0.2) is 4.98 Å². The van der Waals surface area contributed by atoms with Gasteiger partial charge in [0.15, 0.2) is 0 Å². The lowest BCUT2D eigenvalue weighted by Crippen LogP contribution is -2.22. The number of fused-ring (bicyclic) bond motifs is 1. The van der Waals surface area contributed by atoms with Crippen LogP contribution in [-0.4, -0.2) is 21.7 Å². The summed E-state index contributed by atoms with van der Waals surface area (Å²) in [6.07, 6.45) is 4.05. The van der Waals surface area contributed by atoms with Gasteiger partial charge in [-0.2, -0.15) is 11.8 Å². The number of carbonyl (C=O) groups excluding carboxylic acids is 1. The Balaban J connectivity index is 1.68. The highest BCUT2D eigenvalue weighted by molar-refractivity contribution is 7.97. The lowest BCUT2D eigenvalue weighted by Gasteiger charge is -2.04. The number of benzene rings is 1. The van der Waals surface area contributed by atoms with E-state index in [1.165, 1.54) is 0 Å². The first-order valence-electron chi connectivity index (χ1n) is 6.93. The molecule has 0 saturated heterocycles. The molecule has 0 bridgehead atoms. The van der Waals surface area contributed by atoms with Crippen LogP contribution in [0.25, 0.3) is 10.9 Å². The van der Waals surface area contributed by atoms with Gasteiger partial charge in [-0.3, -0.25) is 4.79 Å². The van der Waals surface area contributed by atoms with Crippen LogP contribution in [0.3, 0.4) is 0 Å². The van der Waals surface area contributed by atoms with Crippen molar-refractivity contribution in [1.82, 2.24) is 14.9 Å². The average molecular weight is 331 g/mol. The molecule has 22 heavy (non-hydrogen) atoms. The zero-order chi connectivity index (χ0) is 15.5. The number of thioether (sulfide) groups is 1. The minimum absolute atomic E-state index is 0.0671. The Kier molecular flexibility index (Phi) is 4.49. The fraction of sp³-hybridized carbons (Fsp3) is 0.250. The van der Waals surface area contributed by atoms with Crippen LogP contribution in [0.15, 0.2) is 35.8 Å². The summed E-state index contributed by atoms with van der Waals surface area (Å²) in [6.45, 7) is 0.467. The molecule has 6 heteroatoms. The highest BCUT2D eigenvalue weighted by atomic mass is 32.2. The highest BCUT2D eigenvalue weighted by Gasteiger charge is 2.09. The van der Waals surface area contributed by atoms with Crippen LogP contribution < -0.4 is 5.32 Å². The van der Waals surface area contributed by atoms with E-state index in [2.05, 4.69) is 16.6 Å². The van der Waals surface area contributed by atoms with Gasteiger partial charge < -0.3 is 9.88 Å². The molecule has 1 amide bonds. The van der Waals surface area contributed by atoms with E-state index in [1.54, 1.807) is 23.1 Å². The van der Waals surface area contributed by atoms with Crippen LogP contribution >= 0.6 is 23.1 Å². The molecule has 2 heterocycles. The molecule has 4 nitrogen and oxygen atoms in total. The van der Waals surface area contributed by atoms with Gasteiger partial charge in [-0.15, -0.1) is 11.3 Å². The Bertz CT molecular complexity index is 807. The molecule has 0 aliphatic carbocycles. The van der Waals surface area contributed by atoms with Crippen molar-refractivity contribution in [3.63, 3.8) is 0 Å². The Labute approximate surface area is 137 Å². The maximum absolute atomic E-state index is 12.3. The summed E-state index contributed by atoms with van der Waals surface area (Å²) in [5.41, 5.74) is 2.65. The summed E-state index contributed by atoms with van der Waals surface area (Å²) in [6, 6.07) is 7.80.